The Labute approximate surface area is 131 Å². The lowest BCUT2D eigenvalue weighted by atomic mass is 10.2. The van der Waals surface area contributed by atoms with E-state index in [1.807, 2.05) is 17.5 Å². The highest BCUT2D eigenvalue weighted by atomic mass is 35.5. The molecule has 0 radical (unpaired) electrons. The summed E-state index contributed by atoms with van der Waals surface area (Å²) in [6.45, 7) is 0.415. The lowest BCUT2D eigenvalue weighted by Crippen LogP contribution is -2.35. The summed E-state index contributed by atoms with van der Waals surface area (Å²) in [5.74, 6) is -0.136. The molecule has 2 aromatic rings. The monoisotopic (exact) mass is 328 g/mol. The van der Waals surface area contributed by atoms with Crippen LogP contribution in [0.15, 0.2) is 35.7 Å². The van der Waals surface area contributed by atoms with Crippen molar-refractivity contribution in [1.82, 2.24) is 4.90 Å². The van der Waals surface area contributed by atoms with Gasteiger partial charge in [0.15, 0.2) is 0 Å². The van der Waals surface area contributed by atoms with Gasteiger partial charge in [0.2, 0.25) is 5.91 Å². The zero-order valence-corrected chi connectivity index (χ0v) is 13.2. The lowest BCUT2D eigenvalue weighted by molar-refractivity contribution is -0.131. The fourth-order valence-electron chi connectivity index (χ4n) is 1.88. The van der Waals surface area contributed by atoms with Gasteiger partial charge in [0.1, 0.15) is 6.04 Å². The van der Waals surface area contributed by atoms with Gasteiger partial charge in [0.05, 0.1) is 0 Å². The van der Waals surface area contributed by atoms with Crippen LogP contribution in [0.5, 0.6) is 0 Å². The molecule has 1 unspecified atom stereocenters. The molecule has 3 nitrogen and oxygen atoms in total. The van der Waals surface area contributed by atoms with Gasteiger partial charge in [0.25, 0.3) is 0 Å². The van der Waals surface area contributed by atoms with Gasteiger partial charge >= 0.3 is 0 Å². The molecule has 2 N–H and O–H groups in total. The molecule has 0 aliphatic rings. The number of amides is 1. The number of carbonyl (C=O) groups excluding carboxylic acids is 1. The van der Waals surface area contributed by atoms with E-state index in [4.69, 9.17) is 28.9 Å². The van der Waals surface area contributed by atoms with Crippen LogP contribution in [-0.4, -0.2) is 17.9 Å². The lowest BCUT2D eigenvalue weighted by Gasteiger charge is -2.21. The first-order valence-electron chi connectivity index (χ1n) is 5.96. The van der Waals surface area contributed by atoms with Crippen molar-refractivity contribution in [1.29, 1.82) is 0 Å². The van der Waals surface area contributed by atoms with Gasteiger partial charge in [-0.05, 0) is 35.2 Å². The second-order valence-corrected chi connectivity index (χ2v) is 6.32. The number of hydrogen-bond acceptors (Lipinski definition) is 3. The molecular formula is C14H14Cl2N2OS. The minimum absolute atomic E-state index is 0.136. The van der Waals surface area contributed by atoms with Crippen molar-refractivity contribution in [3.63, 3.8) is 0 Å². The Balaban J connectivity index is 2.07. The quantitative estimate of drug-likeness (QED) is 0.929. The molecule has 1 atom stereocenters. The molecule has 2 rings (SSSR count). The van der Waals surface area contributed by atoms with Crippen LogP contribution in [0.2, 0.25) is 10.0 Å². The molecule has 1 heterocycles. The maximum Gasteiger partial charge on any atom is 0.244 e. The van der Waals surface area contributed by atoms with Crippen molar-refractivity contribution >= 4 is 40.4 Å². The number of nitrogens with zero attached hydrogens (tertiary/aromatic N) is 1. The molecule has 0 bridgehead atoms. The van der Waals surface area contributed by atoms with Gasteiger partial charge < -0.3 is 10.6 Å². The summed E-state index contributed by atoms with van der Waals surface area (Å²) in [7, 11) is 1.71. The Bertz CT molecular complexity index is 581. The first kappa shape index (κ1) is 15.3. The van der Waals surface area contributed by atoms with Crippen molar-refractivity contribution < 1.29 is 4.79 Å². The number of halogens is 2. The predicted octanol–water partition coefficient (Wildman–Crippen LogP) is 3.71. The fourth-order valence-corrected chi connectivity index (χ4v) is 3.17. The predicted molar refractivity (Wildman–Crippen MR) is 84.2 cm³/mol. The summed E-state index contributed by atoms with van der Waals surface area (Å²) in [4.78, 5) is 14.7. The molecule has 6 heteroatoms. The maximum absolute atomic E-state index is 12.3. The molecule has 0 saturated carbocycles. The number of thiophene rings is 1. The number of likely N-dealkylation sites (N-methyl/N-ethyl adjacent to an activating group) is 1. The van der Waals surface area contributed by atoms with Crippen LogP contribution in [0, 0.1) is 0 Å². The van der Waals surface area contributed by atoms with Gasteiger partial charge in [-0.25, -0.2) is 0 Å². The standard InChI is InChI=1S/C14H14Cl2N2OS/c1-18(8-9-5-10(15)7-11(16)6-9)14(19)13(17)12-3-2-4-20-12/h2-7,13H,8,17H2,1H3. The molecule has 0 aliphatic carbocycles. The normalized spacial score (nSPS) is 12.2. The van der Waals surface area contributed by atoms with Crippen molar-refractivity contribution in [3.8, 4) is 0 Å². The van der Waals surface area contributed by atoms with E-state index in [0.29, 0.717) is 16.6 Å². The molecule has 0 saturated heterocycles. The van der Waals surface area contributed by atoms with Crippen molar-refractivity contribution in [2.45, 2.75) is 12.6 Å². The van der Waals surface area contributed by atoms with Crippen molar-refractivity contribution in [2.75, 3.05) is 7.05 Å². The van der Waals surface area contributed by atoms with Gasteiger partial charge in [-0.3, -0.25) is 4.79 Å². The van der Waals surface area contributed by atoms with E-state index < -0.39 is 6.04 Å². The number of benzene rings is 1. The first-order chi connectivity index (χ1) is 9.47. The molecule has 0 fully saturated rings. The van der Waals surface area contributed by atoms with Crippen molar-refractivity contribution in [2.24, 2.45) is 5.73 Å². The Kier molecular flexibility index (Phi) is 5.05. The highest BCUT2D eigenvalue weighted by molar-refractivity contribution is 7.10. The summed E-state index contributed by atoms with van der Waals surface area (Å²) < 4.78 is 0. The number of hydrogen-bond donors (Lipinski definition) is 1. The maximum atomic E-state index is 12.3. The molecule has 1 amide bonds. The largest absolute Gasteiger partial charge is 0.340 e. The third-order valence-electron chi connectivity index (χ3n) is 2.83. The van der Waals surface area contributed by atoms with Gasteiger partial charge in [0, 0.05) is 28.5 Å². The zero-order valence-electron chi connectivity index (χ0n) is 10.8. The second kappa shape index (κ2) is 6.59. The van der Waals surface area contributed by atoms with Gasteiger partial charge in [-0.1, -0.05) is 29.3 Å². The van der Waals surface area contributed by atoms with E-state index in [1.54, 1.807) is 30.1 Å². The summed E-state index contributed by atoms with van der Waals surface area (Å²) in [6, 6.07) is 8.34. The average molecular weight is 329 g/mol. The molecule has 0 spiro atoms. The Morgan fingerprint density at radius 1 is 1.35 bits per heavy atom. The molecule has 106 valence electrons. The van der Waals surface area contributed by atoms with Crippen LogP contribution in [0.25, 0.3) is 0 Å². The molecule has 0 aliphatic heterocycles. The van der Waals surface area contributed by atoms with Crippen LogP contribution in [-0.2, 0) is 11.3 Å². The number of nitrogens with two attached hydrogens (primary N) is 1. The van der Waals surface area contributed by atoms with Crippen LogP contribution < -0.4 is 5.73 Å². The minimum atomic E-state index is -0.630. The van der Waals surface area contributed by atoms with Crippen LogP contribution in [0.1, 0.15) is 16.5 Å². The van der Waals surface area contributed by atoms with Crippen LogP contribution >= 0.6 is 34.5 Å². The van der Waals surface area contributed by atoms with Crippen molar-refractivity contribution in [3.05, 3.63) is 56.2 Å². The van der Waals surface area contributed by atoms with Crippen LogP contribution in [0.3, 0.4) is 0 Å². The fraction of sp³-hybridized carbons (Fsp3) is 0.214. The topological polar surface area (TPSA) is 46.3 Å². The van der Waals surface area contributed by atoms with E-state index in [2.05, 4.69) is 0 Å². The third kappa shape index (κ3) is 3.73. The number of carbonyl (C=O) groups is 1. The Morgan fingerprint density at radius 2 is 2.00 bits per heavy atom. The molecular weight excluding hydrogens is 315 g/mol. The van der Waals surface area contributed by atoms with Gasteiger partial charge in [-0.15, -0.1) is 11.3 Å². The highest BCUT2D eigenvalue weighted by Gasteiger charge is 2.20. The summed E-state index contributed by atoms with van der Waals surface area (Å²) in [6.07, 6.45) is 0. The second-order valence-electron chi connectivity index (χ2n) is 4.47. The number of rotatable bonds is 4. The highest BCUT2D eigenvalue weighted by Crippen LogP contribution is 2.22. The van der Waals surface area contributed by atoms with Crippen LogP contribution in [0.4, 0.5) is 0 Å². The van der Waals surface area contributed by atoms with E-state index in [1.165, 1.54) is 11.3 Å². The Hall–Kier alpha value is -1.07. The van der Waals surface area contributed by atoms with E-state index in [0.717, 1.165) is 10.4 Å². The molecule has 1 aromatic heterocycles. The Morgan fingerprint density at radius 3 is 2.55 bits per heavy atom. The van der Waals surface area contributed by atoms with E-state index >= 15 is 0 Å². The molecule has 1 aromatic carbocycles. The van der Waals surface area contributed by atoms with Gasteiger partial charge in [-0.2, -0.15) is 0 Å². The smallest absolute Gasteiger partial charge is 0.244 e. The third-order valence-corrected chi connectivity index (χ3v) is 4.23. The summed E-state index contributed by atoms with van der Waals surface area (Å²) in [5, 5.41) is 3.01. The average Bonchev–Trinajstić information content (AvgIpc) is 2.89. The summed E-state index contributed by atoms with van der Waals surface area (Å²) in [5.41, 5.74) is 6.84. The van der Waals surface area contributed by atoms with E-state index in [9.17, 15) is 4.79 Å². The summed E-state index contributed by atoms with van der Waals surface area (Å²) >= 11 is 13.4. The molecule has 20 heavy (non-hydrogen) atoms. The minimum Gasteiger partial charge on any atom is -0.340 e. The zero-order chi connectivity index (χ0) is 14.7. The first-order valence-corrected chi connectivity index (χ1v) is 7.60. The SMILES string of the molecule is CN(Cc1cc(Cl)cc(Cl)c1)C(=O)C(N)c1cccs1. The van der Waals surface area contributed by atoms with E-state index in [-0.39, 0.29) is 5.91 Å².